The van der Waals surface area contributed by atoms with Crippen LogP contribution in [0.5, 0.6) is 0 Å². The van der Waals surface area contributed by atoms with E-state index in [0.29, 0.717) is 4.68 Å². The summed E-state index contributed by atoms with van der Waals surface area (Å²) in [6.45, 7) is 6.31. The quantitative estimate of drug-likeness (QED) is 0.821. The molecule has 0 aliphatic heterocycles. The molecule has 0 bridgehead atoms. The number of nitrogens with zero attached hydrogens (tertiary/aromatic N) is 3. The summed E-state index contributed by atoms with van der Waals surface area (Å²) >= 11 is 0. The second kappa shape index (κ2) is 7.16. The number of aliphatic hydroxyl groups is 2. The molecule has 0 spiro atoms. The van der Waals surface area contributed by atoms with Crippen molar-refractivity contribution in [3.63, 3.8) is 0 Å². The van der Waals surface area contributed by atoms with Gasteiger partial charge in [-0.3, -0.25) is 4.68 Å². The summed E-state index contributed by atoms with van der Waals surface area (Å²) in [6, 6.07) is -0.466. The number of nitriles is 1. The van der Waals surface area contributed by atoms with Crippen molar-refractivity contribution in [3.05, 3.63) is 12.4 Å². The van der Waals surface area contributed by atoms with E-state index in [1.807, 2.05) is 0 Å². The molecule has 22 heavy (non-hydrogen) atoms. The van der Waals surface area contributed by atoms with Gasteiger partial charge in [-0.2, -0.15) is 23.5 Å². The number of rotatable bonds is 3. The lowest BCUT2D eigenvalue weighted by Gasteiger charge is -2.31. The first-order valence-corrected chi connectivity index (χ1v) is 6.38. The van der Waals surface area contributed by atoms with Gasteiger partial charge in [0.2, 0.25) is 0 Å². The van der Waals surface area contributed by atoms with Gasteiger partial charge in [0.25, 0.3) is 0 Å². The minimum atomic E-state index is -4.49. The van der Waals surface area contributed by atoms with Gasteiger partial charge in [-0.1, -0.05) is 5.46 Å². The Kier molecular flexibility index (Phi) is 6.66. The highest BCUT2D eigenvalue weighted by Crippen LogP contribution is 2.31. The second-order valence-corrected chi connectivity index (χ2v) is 5.79. The highest BCUT2D eigenvalue weighted by molar-refractivity contribution is 6.31. The molecule has 9 heteroatoms. The van der Waals surface area contributed by atoms with Crippen LogP contribution in [0.25, 0.3) is 0 Å². The number of hydrogen-bond donors (Lipinski definition) is 2. The predicted molar refractivity (Wildman–Crippen MR) is 75.5 cm³/mol. The van der Waals surface area contributed by atoms with E-state index in [-0.39, 0.29) is 5.46 Å². The van der Waals surface area contributed by atoms with Gasteiger partial charge in [-0.05, 0) is 27.7 Å². The lowest BCUT2D eigenvalue weighted by atomic mass is 9.90. The maximum Gasteiger partial charge on any atom is 0.411 e. The number of aromatic nitrogens is 2. The molecule has 1 heterocycles. The molecule has 1 atom stereocenters. The van der Waals surface area contributed by atoms with E-state index in [2.05, 4.69) is 5.10 Å². The maximum atomic E-state index is 12.3. The zero-order chi connectivity index (χ0) is 17.8. The molecule has 2 N–H and O–H groups in total. The lowest BCUT2D eigenvalue weighted by molar-refractivity contribution is -0.168. The molecule has 0 saturated carbocycles. The third kappa shape index (κ3) is 6.49. The smallest absolute Gasteiger partial charge is 0.387 e. The molecule has 0 saturated heterocycles. The molecular formula is C13H19BF3N3O2. The predicted octanol–water partition coefficient (Wildman–Crippen LogP) is 1.22. The Bertz CT molecular complexity index is 498. The monoisotopic (exact) mass is 317 g/mol. The van der Waals surface area contributed by atoms with Gasteiger partial charge in [0, 0.05) is 12.4 Å². The minimum absolute atomic E-state index is 0.136. The van der Waals surface area contributed by atoms with Crippen molar-refractivity contribution in [2.75, 3.05) is 0 Å². The third-order valence-corrected chi connectivity index (χ3v) is 3.10. The number of alkyl halides is 3. The van der Waals surface area contributed by atoms with E-state index in [9.17, 15) is 13.2 Å². The van der Waals surface area contributed by atoms with Crippen molar-refractivity contribution in [1.82, 2.24) is 9.78 Å². The van der Waals surface area contributed by atoms with Crippen LogP contribution >= 0.6 is 0 Å². The summed E-state index contributed by atoms with van der Waals surface area (Å²) in [4.78, 5) is 0. The van der Waals surface area contributed by atoms with Crippen LogP contribution in [0, 0.1) is 11.3 Å². The standard InChI is InChI=1S/C7H5BF3N3.C6H14O2/c8-5-3-13-14(4-5)6(1-2-12)7(9,10)11;1-5(2,7)6(3,4)8/h3-4,6H,1H2;7-8H,1-4H3. The van der Waals surface area contributed by atoms with Gasteiger partial charge in [0.15, 0.2) is 6.04 Å². The Morgan fingerprint density at radius 3 is 1.95 bits per heavy atom. The average molecular weight is 317 g/mol. The van der Waals surface area contributed by atoms with Gasteiger partial charge in [-0.15, -0.1) is 0 Å². The molecule has 1 aromatic rings. The van der Waals surface area contributed by atoms with E-state index >= 15 is 0 Å². The van der Waals surface area contributed by atoms with Gasteiger partial charge < -0.3 is 10.2 Å². The van der Waals surface area contributed by atoms with Crippen LogP contribution in [0.1, 0.15) is 40.2 Å². The van der Waals surface area contributed by atoms with Crippen LogP contribution < -0.4 is 5.46 Å². The molecule has 1 rings (SSSR count). The Morgan fingerprint density at radius 2 is 1.73 bits per heavy atom. The maximum absolute atomic E-state index is 12.3. The molecular weight excluding hydrogens is 298 g/mol. The van der Waals surface area contributed by atoms with E-state index in [0.717, 1.165) is 12.4 Å². The fourth-order valence-electron chi connectivity index (χ4n) is 0.969. The summed E-state index contributed by atoms with van der Waals surface area (Å²) in [6.07, 6.45) is -3.01. The lowest BCUT2D eigenvalue weighted by Crippen LogP contribution is -2.44. The molecule has 0 aliphatic carbocycles. The Labute approximate surface area is 128 Å². The summed E-state index contributed by atoms with van der Waals surface area (Å²) in [7, 11) is 5.22. The van der Waals surface area contributed by atoms with Crippen LogP contribution in [0.15, 0.2) is 12.4 Å². The van der Waals surface area contributed by atoms with Gasteiger partial charge >= 0.3 is 6.18 Å². The van der Waals surface area contributed by atoms with Crippen molar-refractivity contribution >= 4 is 13.3 Å². The first-order valence-electron chi connectivity index (χ1n) is 6.38. The van der Waals surface area contributed by atoms with E-state index < -0.39 is 29.8 Å². The van der Waals surface area contributed by atoms with Gasteiger partial charge in [-0.25, -0.2) is 0 Å². The Balaban J connectivity index is 0.000000472. The third-order valence-electron chi connectivity index (χ3n) is 3.10. The van der Waals surface area contributed by atoms with Crippen LogP contribution in [0.3, 0.4) is 0 Å². The molecule has 1 aromatic heterocycles. The van der Waals surface area contributed by atoms with Crippen molar-refractivity contribution < 1.29 is 23.4 Å². The topological polar surface area (TPSA) is 82.1 Å². The first-order chi connectivity index (χ1) is 9.70. The van der Waals surface area contributed by atoms with Gasteiger partial charge in [0.05, 0.1) is 23.7 Å². The van der Waals surface area contributed by atoms with Crippen molar-refractivity contribution in [3.8, 4) is 6.07 Å². The number of halogens is 3. The molecule has 0 aromatic carbocycles. The highest BCUT2D eigenvalue weighted by atomic mass is 19.4. The van der Waals surface area contributed by atoms with Crippen molar-refractivity contribution in [1.29, 1.82) is 5.26 Å². The van der Waals surface area contributed by atoms with E-state index in [4.69, 9.17) is 23.3 Å². The minimum Gasteiger partial charge on any atom is -0.387 e. The summed E-state index contributed by atoms with van der Waals surface area (Å²) in [5.74, 6) is 0. The fraction of sp³-hybridized carbons (Fsp3) is 0.692. The molecule has 2 radical (unpaired) electrons. The fourth-order valence-corrected chi connectivity index (χ4v) is 0.969. The zero-order valence-electron chi connectivity index (χ0n) is 12.9. The van der Waals surface area contributed by atoms with E-state index in [1.165, 1.54) is 6.07 Å². The molecule has 0 aliphatic rings. The van der Waals surface area contributed by atoms with Gasteiger partial charge in [0.1, 0.15) is 7.85 Å². The van der Waals surface area contributed by atoms with Crippen molar-refractivity contribution in [2.24, 2.45) is 0 Å². The van der Waals surface area contributed by atoms with Crippen LogP contribution in [0.2, 0.25) is 0 Å². The highest BCUT2D eigenvalue weighted by Gasteiger charge is 2.41. The van der Waals surface area contributed by atoms with Crippen LogP contribution in [-0.4, -0.2) is 45.2 Å². The van der Waals surface area contributed by atoms with Crippen LogP contribution in [0.4, 0.5) is 13.2 Å². The Morgan fingerprint density at radius 1 is 1.27 bits per heavy atom. The van der Waals surface area contributed by atoms with Crippen molar-refractivity contribution in [2.45, 2.75) is 57.5 Å². The largest absolute Gasteiger partial charge is 0.411 e. The molecule has 1 unspecified atom stereocenters. The summed E-state index contributed by atoms with van der Waals surface area (Å²) in [5, 5.41) is 29.9. The normalized spacial score (nSPS) is 13.8. The molecule has 0 fully saturated rings. The number of hydrogen-bond acceptors (Lipinski definition) is 4. The molecule has 0 amide bonds. The zero-order valence-corrected chi connectivity index (χ0v) is 12.9. The SMILES string of the molecule is CC(C)(O)C(C)(C)O.[B]c1cnn(C(CC#N)C(F)(F)F)c1. The second-order valence-electron chi connectivity index (χ2n) is 5.79. The molecule has 5 nitrogen and oxygen atoms in total. The Hall–Kier alpha value is -1.53. The first kappa shape index (κ1) is 20.5. The summed E-state index contributed by atoms with van der Waals surface area (Å²) in [5.41, 5.74) is -1.88. The molecule has 122 valence electrons. The average Bonchev–Trinajstić information content (AvgIpc) is 2.68. The van der Waals surface area contributed by atoms with Crippen LogP contribution in [-0.2, 0) is 0 Å². The van der Waals surface area contributed by atoms with E-state index in [1.54, 1.807) is 27.7 Å². The summed E-state index contributed by atoms with van der Waals surface area (Å²) < 4.78 is 37.7.